The van der Waals surface area contributed by atoms with E-state index in [4.69, 9.17) is 17.3 Å². The Kier molecular flexibility index (Phi) is 5.02. The Bertz CT molecular complexity index is 999. The molecule has 0 amide bonds. The second-order valence-electron chi connectivity index (χ2n) is 4.82. The van der Waals surface area contributed by atoms with Gasteiger partial charge >= 0.3 is 11.7 Å². The van der Waals surface area contributed by atoms with E-state index in [0.29, 0.717) is 12.1 Å². The average Bonchev–Trinajstić information content (AvgIpc) is 2.53. The number of ketones is 1. The molecule has 1 heterocycles. The van der Waals surface area contributed by atoms with Crippen LogP contribution in [0.5, 0.6) is 0 Å². The summed E-state index contributed by atoms with van der Waals surface area (Å²) in [5, 5.41) is -0.421. The molecule has 3 N–H and O–H groups in total. The highest BCUT2D eigenvalue weighted by atomic mass is 35.5. The summed E-state index contributed by atoms with van der Waals surface area (Å²) in [5.74, 6) is -5.22. The first-order chi connectivity index (χ1) is 11.6. The largest absolute Gasteiger partial charge is 0.454 e. The minimum Gasteiger partial charge on any atom is -0.454 e. The lowest BCUT2D eigenvalue weighted by Gasteiger charge is -2.09. The van der Waals surface area contributed by atoms with Crippen LogP contribution in [0.1, 0.15) is 20.7 Å². The fourth-order valence-electron chi connectivity index (χ4n) is 1.87. The quantitative estimate of drug-likeness (QED) is 0.460. The van der Waals surface area contributed by atoms with E-state index in [-0.39, 0.29) is 0 Å². The van der Waals surface area contributed by atoms with Crippen molar-refractivity contribution in [2.45, 2.75) is 0 Å². The first kappa shape index (κ1) is 18.3. The first-order valence-electron chi connectivity index (χ1n) is 6.57. The van der Waals surface area contributed by atoms with Gasteiger partial charge in [-0.15, -0.1) is 0 Å². The van der Waals surface area contributed by atoms with Crippen molar-refractivity contribution in [2.75, 3.05) is 12.3 Å². The van der Waals surface area contributed by atoms with Crippen LogP contribution in [-0.4, -0.2) is 27.9 Å². The molecule has 8 nitrogen and oxygen atoms in total. The number of carbonyl (C=O) groups excluding carboxylic acids is 2. The molecule has 0 aliphatic heterocycles. The number of carbonyl (C=O) groups is 2. The van der Waals surface area contributed by atoms with Gasteiger partial charge < -0.3 is 10.5 Å². The van der Waals surface area contributed by atoms with Gasteiger partial charge in [0.15, 0.2) is 18.2 Å². The Morgan fingerprint density at radius 1 is 1.28 bits per heavy atom. The zero-order valence-corrected chi connectivity index (χ0v) is 13.3. The van der Waals surface area contributed by atoms with Gasteiger partial charge in [-0.1, -0.05) is 11.6 Å². The minimum atomic E-state index is -1.33. The molecular weight excluding hydrogens is 364 g/mol. The van der Waals surface area contributed by atoms with Crippen LogP contribution in [0.4, 0.5) is 14.6 Å². The number of aromatic nitrogens is 2. The predicted octanol–water partition coefficient (Wildman–Crippen LogP) is 0.627. The van der Waals surface area contributed by atoms with E-state index in [1.165, 1.54) is 7.05 Å². The van der Waals surface area contributed by atoms with Crippen molar-refractivity contribution >= 4 is 29.2 Å². The standard InChI is InChI=1S/C14H10ClF2N3O5/c1-20-11(18)10(12(22)19-14(20)24)9(21)4-25-13(23)5-2-7(16)8(17)3-6(5)15/h2-3H,4,18H2,1H3,(H,19,22,24). The zero-order chi connectivity index (χ0) is 18.9. The van der Waals surface area contributed by atoms with Crippen LogP contribution < -0.4 is 17.0 Å². The summed E-state index contributed by atoms with van der Waals surface area (Å²) < 4.78 is 31.6. The normalized spacial score (nSPS) is 10.6. The summed E-state index contributed by atoms with van der Waals surface area (Å²) in [7, 11) is 1.22. The SMILES string of the molecule is Cn1c(N)c(C(=O)COC(=O)c2cc(F)c(F)cc2Cl)c(=O)[nH]c1=O. The van der Waals surface area contributed by atoms with Crippen molar-refractivity contribution < 1.29 is 23.1 Å². The summed E-state index contributed by atoms with van der Waals surface area (Å²) >= 11 is 5.61. The van der Waals surface area contributed by atoms with Crippen molar-refractivity contribution in [3.8, 4) is 0 Å². The molecule has 132 valence electrons. The van der Waals surface area contributed by atoms with Gasteiger partial charge in [0.05, 0.1) is 10.6 Å². The summed E-state index contributed by atoms with van der Waals surface area (Å²) in [6.07, 6.45) is 0. The highest BCUT2D eigenvalue weighted by molar-refractivity contribution is 6.33. The lowest BCUT2D eigenvalue weighted by Crippen LogP contribution is -2.35. The fraction of sp³-hybridized carbons (Fsp3) is 0.143. The number of benzene rings is 1. The minimum absolute atomic E-state index is 0.416. The fourth-order valence-corrected chi connectivity index (χ4v) is 2.09. The average molecular weight is 374 g/mol. The number of hydrogen-bond acceptors (Lipinski definition) is 6. The summed E-state index contributed by atoms with van der Waals surface area (Å²) in [6.45, 7) is -0.931. The van der Waals surface area contributed by atoms with Crippen LogP contribution >= 0.6 is 11.6 Å². The molecule has 0 unspecified atom stereocenters. The van der Waals surface area contributed by atoms with Crippen molar-refractivity contribution in [3.63, 3.8) is 0 Å². The number of aromatic amines is 1. The molecular formula is C14H10ClF2N3O5. The zero-order valence-electron chi connectivity index (χ0n) is 12.6. The molecule has 0 bridgehead atoms. The topological polar surface area (TPSA) is 124 Å². The summed E-state index contributed by atoms with van der Waals surface area (Å²) in [4.78, 5) is 48.8. The van der Waals surface area contributed by atoms with Crippen LogP contribution in [0.2, 0.25) is 5.02 Å². The van der Waals surface area contributed by atoms with E-state index in [1.54, 1.807) is 0 Å². The third-order valence-corrected chi connectivity index (χ3v) is 3.53. The molecule has 0 saturated heterocycles. The van der Waals surface area contributed by atoms with Crippen molar-refractivity contribution in [1.29, 1.82) is 0 Å². The maximum Gasteiger partial charge on any atom is 0.340 e. The Morgan fingerprint density at radius 3 is 2.52 bits per heavy atom. The van der Waals surface area contributed by atoms with Gasteiger partial charge in [0.1, 0.15) is 11.4 Å². The van der Waals surface area contributed by atoms with Gasteiger partial charge in [-0.2, -0.15) is 0 Å². The van der Waals surface area contributed by atoms with Crippen LogP contribution in [0.3, 0.4) is 0 Å². The molecule has 0 aliphatic rings. The first-order valence-corrected chi connectivity index (χ1v) is 6.95. The number of hydrogen-bond donors (Lipinski definition) is 2. The summed E-state index contributed by atoms with van der Waals surface area (Å²) in [5.41, 5.74) is 2.57. The van der Waals surface area contributed by atoms with Gasteiger partial charge in [0.2, 0.25) is 5.78 Å². The molecule has 1 aromatic heterocycles. The Hall–Kier alpha value is -3.01. The molecule has 1 aromatic carbocycles. The number of anilines is 1. The summed E-state index contributed by atoms with van der Waals surface area (Å²) in [6, 6.07) is 1.09. The van der Waals surface area contributed by atoms with Crippen molar-refractivity contribution in [1.82, 2.24) is 9.55 Å². The van der Waals surface area contributed by atoms with E-state index in [9.17, 15) is 28.0 Å². The number of nitrogens with zero attached hydrogens (tertiary/aromatic N) is 1. The number of halogens is 3. The highest BCUT2D eigenvalue weighted by Gasteiger charge is 2.21. The third-order valence-electron chi connectivity index (χ3n) is 3.21. The predicted molar refractivity (Wildman–Crippen MR) is 82.7 cm³/mol. The molecule has 2 rings (SSSR count). The van der Waals surface area contributed by atoms with Crippen LogP contribution in [0.25, 0.3) is 0 Å². The van der Waals surface area contributed by atoms with Gasteiger partial charge in [0.25, 0.3) is 5.56 Å². The van der Waals surface area contributed by atoms with E-state index in [2.05, 4.69) is 4.74 Å². The van der Waals surface area contributed by atoms with Crippen LogP contribution in [0.15, 0.2) is 21.7 Å². The Balaban J connectivity index is 2.23. The van der Waals surface area contributed by atoms with Crippen molar-refractivity contribution in [2.24, 2.45) is 7.05 Å². The maximum atomic E-state index is 13.2. The van der Waals surface area contributed by atoms with E-state index in [0.717, 1.165) is 4.57 Å². The molecule has 0 atom stereocenters. The number of rotatable bonds is 4. The Morgan fingerprint density at radius 2 is 1.88 bits per heavy atom. The second kappa shape index (κ2) is 6.85. The van der Waals surface area contributed by atoms with E-state index < -0.39 is 63.2 Å². The van der Waals surface area contributed by atoms with Gasteiger partial charge in [-0.25, -0.2) is 18.4 Å². The maximum absolute atomic E-state index is 13.2. The smallest absolute Gasteiger partial charge is 0.340 e. The lowest BCUT2D eigenvalue weighted by atomic mass is 10.2. The molecule has 25 heavy (non-hydrogen) atoms. The molecule has 11 heteroatoms. The molecule has 2 aromatic rings. The van der Waals surface area contributed by atoms with Crippen molar-refractivity contribution in [3.05, 3.63) is 60.8 Å². The van der Waals surface area contributed by atoms with Gasteiger partial charge in [0, 0.05) is 7.05 Å². The number of nitrogen functional groups attached to an aromatic ring is 1. The number of Topliss-reactive ketones (excluding diaryl/α,β-unsaturated/α-hetero) is 1. The molecule has 0 fully saturated rings. The molecule has 0 saturated carbocycles. The van der Waals surface area contributed by atoms with Crippen LogP contribution in [0, 0.1) is 11.6 Å². The Labute approximate surface area is 142 Å². The molecule has 0 spiro atoms. The second-order valence-corrected chi connectivity index (χ2v) is 5.23. The third kappa shape index (κ3) is 3.58. The molecule has 0 radical (unpaired) electrons. The number of H-pyrrole nitrogens is 1. The van der Waals surface area contributed by atoms with Gasteiger partial charge in [-0.3, -0.25) is 19.1 Å². The van der Waals surface area contributed by atoms with E-state index in [1.807, 2.05) is 4.98 Å². The number of nitrogens with one attached hydrogen (secondary N) is 1. The molecule has 0 aliphatic carbocycles. The highest BCUT2D eigenvalue weighted by Crippen LogP contribution is 2.21. The number of ether oxygens (including phenoxy) is 1. The van der Waals surface area contributed by atoms with Gasteiger partial charge in [-0.05, 0) is 12.1 Å². The van der Waals surface area contributed by atoms with Crippen LogP contribution in [-0.2, 0) is 11.8 Å². The number of esters is 1. The monoisotopic (exact) mass is 373 g/mol. The lowest BCUT2D eigenvalue weighted by molar-refractivity contribution is 0.0474. The number of nitrogens with two attached hydrogens (primary N) is 1. The van der Waals surface area contributed by atoms with E-state index >= 15 is 0 Å².